The Kier molecular flexibility index (Phi) is 8.06. The minimum absolute atomic E-state index is 0.215. The van der Waals surface area contributed by atoms with E-state index in [1.54, 1.807) is 55.2 Å². The molecule has 1 aromatic rings. The van der Waals surface area contributed by atoms with Gasteiger partial charge in [0, 0.05) is 13.1 Å². The average molecular weight is 351 g/mol. The van der Waals surface area contributed by atoms with Crippen LogP contribution in [0.2, 0.25) is 5.02 Å². The SMILES string of the molecule is C=CCN(CC=C)C(=O)C(C)NC(=O)C(C)Oc1ccccc1Cl. The Morgan fingerprint density at radius 3 is 2.38 bits per heavy atom. The number of hydrogen-bond acceptors (Lipinski definition) is 3. The molecule has 2 atom stereocenters. The molecule has 1 N–H and O–H groups in total. The van der Waals surface area contributed by atoms with E-state index in [1.165, 1.54) is 0 Å². The number of rotatable bonds is 9. The van der Waals surface area contributed by atoms with E-state index in [0.717, 1.165) is 0 Å². The summed E-state index contributed by atoms with van der Waals surface area (Å²) in [5, 5.41) is 3.07. The second-order valence-corrected chi connectivity index (χ2v) is 5.65. The highest BCUT2D eigenvalue weighted by Crippen LogP contribution is 2.24. The van der Waals surface area contributed by atoms with Crippen LogP contribution in [0.5, 0.6) is 5.75 Å². The zero-order valence-electron chi connectivity index (χ0n) is 14.0. The normalized spacial score (nSPS) is 12.6. The highest BCUT2D eigenvalue weighted by Gasteiger charge is 2.24. The molecule has 0 fully saturated rings. The Morgan fingerprint density at radius 2 is 1.83 bits per heavy atom. The molecule has 5 nitrogen and oxygen atoms in total. The topological polar surface area (TPSA) is 58.6 Å². The number of nitrogens with zero attached hydrogens (tertiary/aromatic N) is 1. The molecule has 1 aromatic carbocycles. The Labute approximate surface area is 147 Å². The van der Waals surface area contributed by atoms with E-state index in [1.807, 2.05) is 0 Å². The van der Waals surface area contributed by atoms with Gasteiger partial charge in [-0.1, -0.05) is 35.9 Å². The van der Waals surface area contributed by atoms with Crippen molar-refractivity contribution in [1.82, 2.24) is 10.2 Å². The smallest absolute Gasteiger partial charge is 0.261 e. The molecule has 0 saturated carbocycles. The first-order valence-corrected chi connectivity index (χ1v) is 8.00. The van der Waals surface area contributed by atoms with E-state index < -0.39 is 18.1 Å². The molecular formula is C18H23ClN2O3. The molecule has 0 aliphatic heterocycles. The first-order valence-electron chi connectivity index (χ1n) is 7.62. The molecule has 2 unspecified atom stereocenters. The third-order valence-corrected chi connectivity index (χ3v) is 3.56. The van der Waals surface area contributed by atoms with Gasteiger partial charge < -0.3 is 15.0 Å². The number of amides is 2. The monoisotopic (exact) mass is 350 g/mol. The molecule has 6 heteroatoms. The van der Waals surface area contributed by atoms with Crippen LogP contribution in [0.4, 0.5) is 0 Å². The van der Waals surface area contributed by atoms with Gasteiger partial charge in [0.05, 0.1) is 5.02 Å². The van der Waals surface area contributed by atoms with Crippen molar-refractivity contribution in [2.75, 3.05) is 13.1 Å². The summed E-state index contributed by atoms with van der Waals surface area (Å²) < 4.78 is 5.54. The maximum Gasteiger partial charge on any atom is 0.261 e. The summed E-state index contributed by atoms with van der Waals surface area (Å²) in [7, 11) is 0. The highest BCUT2D eigenvalue weighted by atomic mass is 35.5. The molecule has 0 radical (unpaired) electrons. The Hall–Kier alpha value is -2.27. The summed E-state index contributed by atoms with van der Waals surface area (Å²) in [5.74, 6) is -0.193. The number of para-hydroxylation sites is 1. The van der Waals surface area contributed by atoms with Gasteiger partial charge >= 0.3 is 0 Å². The van der Waals surface area contributed by atoms with Gasteiger partial charge in [-0.3, -0.25) is 9.59 Å². The second kappa shape index (κ2) is 9.78. The summed E-state index contributed by atoms with van der Waals surface area (Å²) in [6.45, 7) is 11.2. The van der Waals surface area contributed by atoms with Crippen LogP contribution in [0.25, 0.3) is 0 Å². The van der Waals surface area contributed by atoms with Crippen LogP contribution in [0.3, 0.4) is 0 Å². The largest absolute Gasteiger partial charge is 0.479 e. The van der Waals surface area contributed by atoms with Gasteiger partial charge in [0.1, 0.15) is 11.8 Å². The lowest BCUT2D eigenvalue weighted by Crippen LogP contribution is -2.50. The first kappa shape index (κ1) is 19.8. The molecule has 0 aliphatic carbocycles. The van der Waals surface area contributed by atoms with E-state index in [0.29, 0.717) is 23.9 Å². The molecule has 2 amide bonds. The van der Waals surface area contributed by atoms with Crippen molar-refractivity contribution >= 4 is 23.4 Å². The summed E-state index contributed by atoms with van der Waals surface area (Å²) in [6, 6.07) is 6.21. The van der Waals surface area contributed by atoms with Crippen LogP contribution in [0, 0.1) is 0 Å². The standard InChI is InChI=1S/C18H23ClN2O3/c1-5-11-21(12-6-2)18(23)13(3)20-17(22)14(4)24-16-10-8-7-9-15(16)19/h5-10,13-14H,1-2,11-12H2,3-4H3,(H,20,22). The molecule has 24 heavy (non-hydrogen) atoms. The lowest BCUT2D eigenvalue weighted by Gasteiger charge is -2.25. The number of benzene rings is 1. The van der Waals surface area contributed by atoms with Crippen molar-refractivity contribution in [1.29, 1.82) is 0 Å². The van der Waals surface area contributed by atoms with Crippen LogP contribution < -0.4 is 10.1 Å². The van der Waals surface area contributed by atoms with E-state index in [-0.39, 0.29) is 5.91 Å². The summed E-state index contributed by atoms with van der Waals surface area (Å²) in [4.78, 5) is 26.1. The molecule has 1 rings (SSSR count). The number of carbonyl (C=O) groups excluding carboxylic acids is 2. The van der Waals surface area contributed by atoms with E-state index in [9.17, 15) is 9.59 Å². The fourth-order valence-electron chi connectivity index (χ4n) is 2.02. The predicted octanol–water partition coefficient (Wildman–Crippen LogP) is 2.81. The van der Waals surface area contributed by atoms with Crippen molar-refractivity contribution < 1.29 is 14.3 Å². The molecule has 0 aliphatic rings. The third kappa shape index (κ3) is 5.74. The minimum atomic E-state index is -0.785. The van der Waals surface area contributed by atoms with Crippen molar-refractivity contribution in [2.45, 2.75) is 26.0 Å². The predicted molar refractivity (Wildman–Crippen MR) is 96.1 cm³/mol. The Bertz CT molecular complexity index is 594. The van der Waals surface area contributed by atoms with Gasteiger partial charge in [0.15, 0.2) is 6.10 Å². The Morgan fingerprint density at radius 1 is 1.25 bits per heavy atom. The van der Waals surface area contributed by atoms with Gasteiger partial charge in [-0.25, -0.2) is 0 Å². The van der Waals surface area contributed by atoms with Crippen molar-refractivity contribution in [2.24, 2.45) is 0 Å². The quantitative estimate of drug-likeness (QED) is 0.697. The summed E-state index contributed by atoms with van der Waals surface area (Å²) >= 11 is 6.00. The van der Waals surface area contributed by atoms with E-state index >= 15 is 0 Å². The average Bonchev–Trinajstić information content (AvgIpc) is 2.55. The van der Waals surface area contributed by atoms with Crippen LogP contribution in [0.15, 0.2) is 49.6 Å². The van der Waals surface area contributed by atoms with Gasteiger partial charge in [-0.05, 0) is 26.0 Å². The van der Waals surface area contributed by atoms with Crippen LogP contribution in [-0.2, 0) is 9.59 Å². The zero-order valence-corrected chi connectivity index (χ0v) is 14.8. The second-order valence-electron chi connectivity index (χ2n) is 5.24. The molecule has 0 heterocycles. The van der Waals surface area contributed by atoms with Gasteiger partial charge in [-0.15, -0.1) is 13.2 Å². The number of ether oxygens (including phenoxy) is 1. The minimum Gasteiger partial charge on any atom is -0.479 e. The molecule has 130 valence electrons. The summed E-state index contributed by atoms with van der Waals surface area (Å²) in [6.07, 6.45) is 2.46. The zero-order chi connectivity index (χ0) is 18.1. The van der Waals surface area contributed by atoms with Crippen molar-refractivity contribution in [3.8, 4) is 5.75 Å². The molecule has 0 saturated heterocycles. The van der Waals surface area contributed by atoms with Crippen LogP contribution >= 0.6 is 11.6 Å². The van der Waals surface area contributed by atoms with E-state index in [2.05, 4.69) is 18.5 Å². The highest BCUT2D eigenvalue weighted by molar-refractivity contribution is 6.32. The van der Waals surface area contributed by atoms with Gasteiger partial charge in [-0.2, -0.15) is 0 Å². The first-order chi connectivity index (χ1) is 11.4. The number of carbonyl (C=O) groups is 2. The maximum atomic E-state index is 12.3. The van der Waals surface area contributed by atoms with Crippen molar-refractivity contribution in [3.63, 3.8) is 0 Å². The van der Waals surface area contributed by atoms with Crippen LogP contribution in [0.1, 0.15) is 13.8 Å². The lowest BCUT2D eigenvalue weighted by molar-refractivity contribution is -0.137. The van der Waals surface area contributed by atoms with E-state index in [4.69, 9.17) is 16.3 Å². The van der Waals surface area contributed by atoms with Crippen molar-refractivity contribution in [3.05, 3.63) is 54.6 Å². The molecule has 0 aromatic heterocycles. The number of nitrogens with one attached hydrogen (secondary N) is 1. The number of hydrogen-bond donors (Lipinski definition) is 1. The Balaban J connectivity index is 2.64. The van der Waals surface area contributed by atoms with Gasteiger partial charge in [0.2, 0.25) is 5.91 Å². The maximum absolute atomic E-state index is 12.3. The third-order valence-electron chi connectivity index (χ3n) is 3.25. The fraction of sp³-hybridized carbons (Fsp3) is 0.333. The van der Waals surface area contributed by atoms with Crippen LogP contribution in [-0.4, -0.2) is 41.9 Å². The molecule has 0 spiro atoms. The van der Waals surface area contributed by atoms with Gasteiger partial charge in [0.25, 0.3) is 5.91 Å². The molecule has 0 bridgehead atoms. The molecular weight excluding hydrogens is 328 g/mol. The number of halogens is 1. The summed E-state index contributed by atoms with van der Waals surface area (Å²) in [5.41, 5.74) is 0. The lowest BCUT2D eigenvalue weighted by atomic mass is 10.2. The fourth-order valence-corrected chi connectivity index (χ4v) is 2.20.